The van der Waals surface area contributed by atoms with E-state index in [0.29, 0.717) is 23.4 Å². The molecule has 8 heteroatoms. The molecule has 1 aliphatic carbocycles. The number of amides is 2. The number of rotatable bonds is 8. The van der Waals surface area contributed by atoms with Gasteiger partial charge in [0.1, 0.15) is 23.9 Å². The first-order valence-corrected chi connectivity index (χ1v) is 15.3. The summed E-state index contributed by atoms with van der Waals surface area (Å²) in [6.45, 7) is 6.69. The molecule has 0 unspecified atom stereocenters. The molecule has 43 heavy (non-hydrogen) atoms. The minimum Gasteiger partial charge on any atom is -0.488 e. The lowest BCUT2D eigenvalue weighted by atomic mass is 9.87. The van der Waals surface area contributed by atoms with E-state index < -0.39 is 12.1 Å². The molecule has 1 aliphatic heterocycles. The maximum Gasteiger partial charge on any atom is 0.251 e. The first-order valence-electron chi connectivity index (χ1n) is 15.3. The summed E-state index contributed by atoms with van der Waals surface area (Å²) in [4.78, 5) is 36.2. The van der Waals surface area contributed by atoms with Crippen molar-refractivity contribution in [1.29, 1.82) is 5.26 Å². The van der Waals surface area contributed by atoms with Gasteiger partial charge in [-0.1, -0.05) is 76.4 Å². The minimum absolute atomic E-state index is 0.0615. The average Bonchev–Trinajstić information content (AvgIpc) is 3.43. The van der Waals surface area contributed by atoms with Crippen LogP contribution in [0.1, 0.15) is 76.5 Å². The lowest BCUT2D eigenvalue weighted by molar-refractivity contribution is -0.128. The summed E-state index contributed by atoms with van der Waals surface area (Å²) in [5, 5.41) is 13.3. The fourth-order valence-corrected chi connectivity index (χ4v) is 6.09. The number of pyridine rings is 1. The summed E-state index contributed by atoms with van der Waals surface area (Å²) in [6.07, 6.45) is 10.6. The largest absolute Gasteiger partial charge is 0.488 e. The van der Waals surface area contributed by atoms with Gasteiger partial charge in [-0.15, -0.1) is 0 Å². The molecule has 2 amide bonds. The molecule has 1 saturated carbocycles. The highest BCUT2D eigenvalue weighted by atomic mass is 16.5. The Balaban J connectivity index is 1.53. The van der Waals surface area contributed by atoms with Gasteiger partial charge in [-0.05, 0) is 54.2 Å². The van der Waals surface area contributed by atoms with Crippen molar-refractivity contribution in [3.05, 3.63) is 90.3 Å². The van der Waals surface area contributed by atoms with Crippen molar-refractivity contribution >= 4 is 17.5 Å². The van der Waals surface area contributed by atoms with Crippen LogP contribution in [0.2, 0.25) is 0 Å². The number of nitrogens with zero attached hydrogens (tertiary/aromatic N) is 4. The predicted molar refractivity (Wildman–Crippen MR) is 166 cm³/mol. The van der Waals surface area contributed by atoms with E-state index in [9.17, 15) is 14.9 Å². The lowest BCUT2D eigenvalue weighted by Crippen LogP contribution is -2.51. The van der Waals surface area contributed by atoms with Gasteiger partial charge in [-0.25, -0.2) is 0 Å². The number of ether oxygens (including phenoxy) is 1. The maximum atomic E-state index is 14.7. The Morgan fingerprint density at radius 1 is 1.02 bits per heavy atom. The highest BCUT2D eigenvalue weighted by Gasteiger charge is 2.44. The van der Waals surface area contributed by atoms with Crippen LogP contribution in [-0.4, -0.2) is 46.4 Å². The van der Waals surface area contributed by atoms with Crippen molar-refractivity contribution in [2.75, 3.05) is 11.4 Å². The number of hydrogen-bond acceptors (Lipinski definition) is 6. The Hall–Kier alpha value is -4.38. The zero-order valence-corrected chi connectivity index (χ0v) is 25.3. The third-order valence-corrected chi connectivity index (χ3v) is 8.43. The third kappa shape index (κ3) is 7.16. The second kappa shape index (κ2) is 13.3. The average molecular weight is 580 g/mol. The van der Waals surface area contributed by atoms with Crippen LogP contribution in [0.3, 0.4) is 0 Å². The number of likely N-dealkylation sites (tertiary alicyclic amines) is 1. The Bertz CT molecular complexity index is 1410. The number of nitriles is 1. The topological polar surface area (TPSA) is 98.6 Å². The molecule has 2 aromatic carbocycles. The van der Waals surface area contributed by atoms with Crippen LogP contribution in [0, 0.1) is 11.5 Å². The lowest BCUT2D eigenvalue weighted by Gasteiger charge is -2.35. The van der Waals surface area contributed by atoms with Crippen molar-refractivity contribution in [2.45, 2.75) is 88.9 Å². The number of anilines is 1. The third-order valence-electron chi connectivity index (χ3n) is 8.43. The van der Waals surface area contributed by atoms with Gasteiger partial charge in [0.05, 0.1) is 6.54 Å². The van der Waals surface area contributed by atoms with E-state index in [1.165, 1.54) is 11.3 Å². The van der Waals surface area contributed by atoms with Crippen LogP contribution in [0.4, 0.5) is 5.69 Å². The van der Waals surface area contributed by atoms with Gasteiger partial charge in [-0.2, -0.15) is 5.26 Å². The van der Waals surface area contributed by atoms with Crippen molar-refractivity contribution in [1.82, 2.24) is 15.2 Å². The highest BCUT2D eigenvalue weighted by molar-refractivity contribution is 6.04. The monoisotopic (exact) mass is 579 g/mol. The smallest absolute Gasteiger partial charge is 0.251 e. The molecule has 224 valence electrons. The number of para-hydroxylation sites is 1. The van der Waals surface area contributed by atoms with Gasteiger partial charge in [0.25, 0.3) is 5.91 Å². The summed E-state index contributed by atoms with van der Waals surface area (Å²) in [5.41, 5.74) is 2.24. The molecule has 1 N–H and O–H groups in total. The molecule has 2 fully saturated rings. The van der Waals surface area contributed by atoms with Gasteiger partial charge in [-0.3, -0.25) is 24.4 Å². The molecule has 0 radical (unpaired) electrons. The molecular weight excluding hydrogens is 538 g/mol. The summed E-state index contributed by atoms with van der Waals surface area (Å²) < 4.78 is 6.17. The predicted octanol–water partition coefficient (Wildman–Crippen LogP) is 5.91. The molecule has 8 nitrogen and oxygen atoms in total. The van der Waals surface area contributed by atoms with Crippen LogP contribution in [0.25, 0.3) is 0 Å². The normalized spacial score (nSPS) is 19.7. The molecule has 1 saturated heterocycles. The van der Waals surface area contributed by atoms with E-state index >= 15 is 0 Å². The van der Waals surface area contributed by atoms with Crippen molar-refractivity contribution in [3.8, 4) is 11.9 Å². The van der Waals surface area contributed by atoms with E-state index in [1.54, 1.807) is 23.4 Å². The number of benzene rings is 2. The van der Waals surface area contributed by atoms with Crippen LogP contribution in [0.5, 0.6) is 5.75 Å². The van der Waals surface area contributed by atoms with Crippen LogP contribution in [-0.2, 0) is 15.0 Å². The van der Waals surface area contributed by atoms with E-state index in [1.807, 2.05) is 60.7 Å². The van der Waals surface area contributed by atoms with E-state index in [0.717, 1.165) is 31.2 Å². The number of aromatic nitrogens is 1. The highest BCUT2D eigenvalue weighted by Crippen LogP contribution is 2.34. The molecule has 5 rings (SSSR count). The second-order valence-electron chi connectivity index (χ2n) is 12.6. The quantitative estimate of drug-likeness (QED) is 0.334. The molecule has 2 aliphatic rings. The molecule has 3 aromatic rings. The fraction of sp³-hybridized carbons (Fsp3) is 0.429. The summed E-state index contributed by atoms with van der Waals surface area (Å²) in [6, 6.07) is 19.2. The SMILES string of the molecule is CC(C)(C)c1ccc(N(C(=O)[C@H]2C[C@@H](Oc3ccccc3)CN2C#N)[C@@H](C(=O)NC2CCCCC2)c2cccnc2)cc1. The number of nitrogens with one attached hydrogen (secondary N) is 1. The standard InChI is InChI=1S/C35H41N5O3/c1-35(2,3)26-16-18-28(19-17-26)40(32(25-11-10-20-37-22-25)33(41)38-27-12-6-4-7-13-27)34(42)31-21-30(23-39(31)24-36)43-29-14-8-5-9-15-29/h5,8-11,14-20,22,27,30-32H,4,6-7,12-13,21,23H2,1-3H3,(H,38,41)/t30-,31-,32-/m1/s1. The Morgan fingerprint density at radius 2 is 1.74 bits per heavy atom. The molecule has 3 atom stereocenters. The fourth-order valence-electron chi connectivity index (χ4n) is 6.09. The zero-order chi connectivity index (χ0) is 30.4. The molecular formula is C35H41N5O3. The first-order chi connectivity index (χ1) is 20.7. The minimum atomic E-state index is -0.960. The van der Waals surface area contributed by atoms with Gasteiger partial charge < -0.3 is 10.1 Å². The molecule has 2 heterocycles. The summed E-state index contributed by atoms with van der Waals surface area (Å²) >= 11 is 0. The zero-order valence-electron chi connectivity index (χ0n) is 25.3. The first kappa shape index (κ1) is 30.1. The Labute approximate surface area is 254 Å². The molecule has 0 spiro atoms. The van der Waals surface area contributed by atoms with Gasteiger partial charge in [0.2, 0.25) is 5.91 Å². The summed E-state index contributed by atoms with van der Waals surface area (Å²) in [7, 11) is 0. The number of carbonyl (C=O) groups is 2. The Morgan fingerprint density at radius 3 is 2.37 bits per heavy atom. The maximum absolute atomic E-state index is 14.7. The van der Waals surface area contributed by atoms with Gasteiger partial charge >= 0.3 is 0 Å². The number of carbonyl (C=O) groups excluding carboxylic acids is 2. The van der Waals surface area contributed by atoms with Gasteiger partial charge in [0.15, 0.2) is 6.19 Å². The van der Waals surface area contributed by atoms with E-state index in [-0.39, 0.29) is 35.9 Å². The van der Waals surface area contributed by atoms with Crippen LogP contribution >= 0.6 is 0 Å². The number of hydrogen-bond donors (Lipinski definition) is 1. The second-order valence-corrected chi connectivity index (χ2v) is 12.6. The Kier molecular flexibility index (Phi) is 9.30. The van der Waals surface area contributed by atoms with E-state index in [4.69, 9.17) is 4.74 Å². The van der Waals surface area contributed by atoms with Crippen molar-refractivity contribution in [3.63, 3.8) is 0 Å². The van der Waals surface area contributed by atoms with Crippen molar-refractivity contribution in [2.24, 2.45) is 0 Å². The molecule has 0 bridgehead atoms. The van der Waals surface area contributed by atoms with Crippen LogP contribution < -0.4 is 15.0 Å². The van der Waals surface area contributed by atoms with Crippen molar-refractivity contribution < 1.29 is 14.3 Å². The summed E-state index contributed by atoms with van der Waals surface area (Å²) in [5.74, 6) is 0.122. The van der Waals surface area contributed by atoms with E-state index in [2.05, 4.69) is 37.3 Å². The van der Waals surface area contributed by atoms with Crippen LogP contribution in [0.15, 0.2) is 79.1 Å². The molecule has 1 aromatic heterocycles. The van der Waals surface area contributed by atoms with Gasteiger partial charge in [0, 0.05) is 36.1 Å².